The summed E-state index contributed by atoms with van der Waals surface area (Å²) in [6.07, 6.45) is 5.65. The third kappa shape index (κ3) is 6.12. The summed E-state index contributed by atoms with van der Waals surface area (Å²) in [7, 11) is -12.5. The van der Waals surface area contributed by atoms with E-state index in [4.69, 9.17) is 0 Å². The molecule has 1 aliphatic heterocycles. The Morgan fingerprint density at radius 1 is 0.971 bits per heavy atom. The van der Waals surface area contributed by atoms with Gasteiger partial charge in [-0.25, -0.2) is 21.4 Å². The molecule has 0 bridgehead atoms. The average Bonchev–Trinajstić information content (AvgIpc) is 3.09. The van der Waals surface area contributed by atoms with Crippen molar-refractivity contribution in [3.63, 3.8) is 0 Å². The summed E-state index contributed by atoms with van der Waals surface area (Å²) in [5.41, 5.74) is -10.9. The molecule has 0 saturated carbocycles. The van der Waals surface area contributed by atoms with Crippen LogP contribution in [0.5, 0.6) is 0 Å². The van der Waals surface area contributed by atoms with Gasteiger partial charge in [-0.3, -0.25) is 4.48 Å². The van der Waals surface area contributed by atoms with Crippen LogP contribution in [0.3, 0.4) is 0 Å². The van der Waals surface area contributed by atoms with Crippen molar-refractivity contribution in [2.75, 3.05) is 20.1 Å². The molecule has 1 atom stereocenters. The molecule has 204 valence electrons. The predicted octanol–water partition coefficient (Wildman–Crippen LogP) is 4.63. The molecule has 0 radical (unpaired) electrons. The number of quaternary nitrogens is 1. The van der Waals surface area contributed by atoms with Crippen LogP contribution in [0.15, 0.2) is 24.5 Å². The van der Waals surface area contributed by atoms with Crippen molar-refractivity contribution in [1.29, 1.82) is 0 Å². The van der Waals surface area contributed by atoms with E-state index in [0.717, 1.165) is 13.6 Å². The molecule has 0 aliphatic carbocycles. The smallest absolute Gasteiger partial charge is 0.295 e. The van der Waals surface area contributed by atoms with E-state index in [1.807, 2.05) is 0 Å². The molecule has 0 aromatic carbocycles. The minimum atomic E-state index is -6.65. The second kappa shape index (κ2) is 11.3. The van der Waals surface area contributed by atoms with E-state index in [1.165, 1.54) is 18.4 Å². The number of nitrogens with zero attached hydrogens (tertiary/aromatic N) is 2. The van der Waals surface area contributed by atoms with Gasteiger partial charge in [0.2, 0.25) is 0 Å². The molecule has 6 nitrogen and oxygen atoms in total. The van der Waals surface area contributed by atoms with Gasteiger partial charge in [-0.2, -0.15) is 26.3 Å². The Bertz CT molecular complexity index is 1010. The standard InChI is InChI=1S/C11H18F6NO4S2.C10H16N/c1-3-4-7-18(2)8-5-6-9(18,23(19,20)10(12,13)14)24(21,22)11(15,16)17;1-3-4-7-11-8-5-6-10(2)9-11/h3-8H2,1-2H3;5-6,8-9H,3-4,7H2,1-2H3/q2*+1. The lowest BCUT2D eigenvalue weighted by atomic mass is 10.3. The number of rotatable bonds is 8. The van der Waals surface area contributed by atoms with Crippen LogP contribution in [-0.4, -0.2) is 56.7 Å². The number of aryl methyl sites for hydroxylation is 2. The SMILES string of the molecule is CCCC[N+]1(C)CCCC1(S(=O)(=O)C(F)(F)F)S(=O)(=O)C(F)(F)F.CCCC[n+]1cccc(C)c1. The van der Waals surface area contributed by atoms with Gasteiger partial charge in [0.25, 0.3) is 0 Å². The van der Waals surface area contributed by atoms with E-state index in [-0.39, 0.29) is 12.8 Å². The van der Waals surface area contributed by atoms with Gasteiger partial charge in [0.05, 0.1) is 20.1 Å². The molecule has 0 spiro atoms. The quantitative estimate of drug-likeness (QED) is 0.266. The maximum atomic E-state index is 13.1. The van der Waals surface area contributed by atoms with Crippen molar-refractivity contribution in [3.05, 3.63) is 30.1 Å². The molecule has 0 amide bonds. The number of aromatic nitrogens is 1. The molecular formula is C21H34F6N2O4S2+2. The number of likely N-dealkylation sites (tertiary alicyclic amines) is 1. The fourth-order valence-electron chi connectivity index (χ4n) is 4.37. The fourth-order valence-corrected chi connectivity index (χ4v) is 9.17. The minimum absolute atomic E-state index is 0.0823. The number of unbranched alkanes of at least 4 members (excludes halogenated alkanes) is 2. The normalized spacial score (nSPS) is 20.9. The van der Waals surface area contributed by atoms with Crippen LogP contribution in [0.1, 0.15) is 57.9 Å². The Balaban J connectivity index is 0.000000462. The van der Waals surface area contributed by atoms with Gasteiger partial charge in [-0.1, -0.05) is 26.7 Å². The summed E-state index contributed by atoms with van der Waals surface area (Å²) in [5.74, 6) is 0. The zero-order chi connectivity index (χ0) is 27.3. The fraction of sp³-hybridized carbons (Fsp3) is 0.762. The van der Waals surface area contributed by atoms with Crippen molar-refractivity contribution in [2.45, 2.75) is 81.1 Å². The van der Waals surface area contributed by atoms with Gasteiger partial charge in [-0.15, -0.1) is 0 Å². The van der Waals surface area contributed by atoms with E-state index in [9.17, 15) is 43.2 Å². The van der Waals surface area contributed by atoms with Crippen molar-refractivity contribution in [1.82, 2.24) is 0 Å². The van der Waals surface area contributed by atoms with E-state index in [1.54, 1.807) is 6.92 Å². The topological polar surface area (TPSA) is 72.2 Å². The first-order valence-electron chi connectivity index (χ1n) is 11.3. The Kier molecular flexibility index (Phi) is 10.2. The lowest BCUT2D eigenvalue weighted by Gasteiger charge is -2.44. The number of sulfone groups is 2. The molecule has 1 fully saturated rings. The summed E-state index contributed by atoms with van der Waals surface area (Å²) in [6, 6.07) is 4.23. The maximum absolute atomic E-state index is 13.1. The lowest BCUT2D eigenvalue weighted by molar-refractivity contribution is -0.918. The molecule has 1 aromatic rings. The minimum Gasteiger partial charge on any atom is -0.295 e. The highest BCUT2D eigenvalue weighted by molar-refractivity contribution is 8.10. The third-order valence-corrected chi connectivity index (χ3v) is 11.7. The molecule has 14 heteroatoms. The number of hydrogen-bond acceptors (Lipinski definition) is 4. The van der Waals surface area contributed by atoms with Gasteiger partial charge in [0.1, 0.15) is 6.54 Å². The summed E-state index contributed by atoms with van der Waals surface area (Å²) in [5, 5.41) is 0. The highest BCUT2D eigenvalue weighted by Crippen LogP contribution is 2.53. The molecule has 2 heterocycles. The highest BCUT2D eigenvalue weighted by atomic mass is 32.3. The second-order valence-electron chi connectivity index (χ2n) is 8.88. The average molecular weight is 557 g/mol. The molecule has 1 saturated heterocycles. The first-order valence-corrected chi connectivity index (χ1v) is 14.2. The maximum Gasteiger partial charge on any atom is 0.504 e. The summed E-state index contributed by atoms with van der Waals surface area (Å²) in [4.78, 5) is 0. The summed E-state index contributed by atoms with van der Waals surface area (Å²) >= 11 is 0. The van der Waals surface area contributed by atoms with E-state index in [0.29, 0.717) is 6.42 Å². The van der Waals surface area contributed by atoms with Gasteiger partial charge in [0.15, 0.2) is 12.4 Å². The molecule has 2 rings (SSSR count). The van der Waals surface area contributed by atoms with Crippen molar-refractivity contribution in [3.8, 4) is 0 Å². The van der Waals surface area contributed by atoms with Crippen LogP contribution in [0.2, 0.25) is 0 Å². The molecule has 1 aliphatic rings. The Hall–Kier alpha value is -1.41. The third-order valence-electron chi connectivity index (χ3n) is 6.20. The van der Waals surface area contributed by atoms with Gasteiger partial charge in [0, 0.05) is 30.9 Å². The lowest BCUT2D eigenvalue weighted by Crippen LogP contribution is -2.70. The molecular weight excluding hydrogens is 522 g/mol. The van der Waals surface area contributed by atoms with Crippen LogP contribution in [0.4, 0.5) is 26.3 Å². The summed E-state index contributed by atoms with van der Waals surface area (Å²) < 4.78 is 124. The number of hydrogen-bond donors (Lipinski definition) is 0. The van der Waals surface area contributed by atoms with Crippen LogP contribution in [0, 0.1) is 6.92 Å². The zero-order valence-corrected chi connectivity index (χ0v) is 21.9. The largest absolute Gasteiger partial charge is 0.504 e. The van der Waals surface area contributed by atoms with Gasteiger partial charge in [-0.05, 0) is 19.4 Å². The van der Waals surface area contributed by atoms with Crippen LogP contribution < -0.4 is 4.57 Å². The van der Waals surface area contributed by atoms with E-state index >= 15 is 0 Å². The zero-order valence-electron chi connectivity index (χ0n) is 20.3. The van der Waals surface area contributed by atoms with Crippen molar-refractivity contribution >= 4 is 19.7 Å². The molecule has 35 heavy (non-hydrogen) atoms. The van der Waals surface area contributed by atoms with Crippen LogP contribution in [-0.2, 0) is 26.2 Å². The molecule has 0 N–H and O–H groups in total. The second-order valence-corrected chi connectivity index (χ2v) is 13.4. The number of halogens is 6. The molecule has 1 unspecified atom stereocenters. The first-order chi connectivity index (χ1) is 15.8. The predicted molar refractivity (Wildman–Crippen MR) is 119 cm³/mol. The Labute approximate surface area is 203 Å². The monoisotopic (exact) mass is 556 g/mol. The highest BCUT2D eigenvalue weighted by Gasteiger charge is 2.82. The van der Waals surface area contributed by atoms with Gasteiger partial charge >= 0.3 is 34.9 Å². The Morgan fingerprint density at radius 3 is 1.91 bits per heavy atom. The van der Waals surface area contributed by atoms with E-state index < -0.39 is 58.9 Å². The van der Waals surface area contributed by atoms with E-state index in [2.05, 4.69) is 42.9 Å². The summed E-state index contributed by atoms with van der Waals surface area (Å²) in [6.45, 7) is 6.25. The first kappa shape index (κ1) is 31.6. The number of alkyl halides is 6. The van der Waals surface area contributed by atoms with Crippen molar-refractivity contribution in [2.24, 2.45) is 0 Å². The Morgan fingerprint density at radius 2 is 1.49 bits per heavy atom. The van der Waals surface area contributed by atoms with Crippen LogP contribution in [0.25, 0.3) is 0 Å². The van der Waals surface area contributed by atoms with Gasteiger partial charge < -0.3 is 0 Å². The van der Waals surface area contributed by atoms with Crippen molar-refractivity contribution < 1.29 is 52.2 Å². The van der Waals surface area contributed by atoms with Crippen LogP contribution >= 0.6 is 0 Å². The molecule has 1 aromatic heterocycles. The number of pyridine rings is 1.